The van der Waals surface area contributed by atoms with Crippen molar-refractivity contribution in [2.24, 2.45) is 0 Å². The Morgan fingerprint density at radius 2 is 1.03 bits per heavy atom. The van der Waals surface area contributed by atoms with Gasteiger partial charge in [0, 0.05) is 26.9 Å². The first-order chi connectivity index (χ1) is 18.9. The molecule has 0 amide bonds. The van der Waals surface area contributed by atoms with Crippen molar-refractivity contribution in [2.75, 3.05) is 0 Å². The summed E-state index contributed by atoms with van der Waals surface area (Å²) in [5, 5.41) is 9.92. The molecule has 0 N–H and O–H groups in total. The van der Waals surface area contributed by atoms with E-state index in [2.05, 4.69) is 132 Å². The molecular formula is C36H21NO. The summed E-state index contributed by atoms with van der Waals surface area (Å²) in [6, 6.07) is 45.8. The van der Waals surface area contributed by atoms with Crippen molar-refractivity contribution in [1.82, 2.24) is 4.57 Å². The zero-order valence-electron chi connectivity index (χ0n) is 20.5. The van der Waals surface area contributed by atoms with Crippen LogP contribution in [0.3, 0.4) is 0 Å². The van der Waals surface area contributed by atoms with Crippen molar-refractivity contribution in [3.8, 4) is 16.8 Å². The Labute approximate surface area is 218 Å². The van der Waals surface area contributed by atoms with Crippen molar-refractivity contribution >= 4 is 65.3 Å². The standard InChI is InChI=1S/C36H21NO/c1-2-10-22(11-3-1)23-20-28-26-14-8-18-31(34(26)27-15-9-19-32-35(27)36(28)33(21-23)38-32)37-29-16-6-4-12-24(29)25-13-5-7-17-30(25)37/h1-21H. The zero-order valence-corrected chi connectivity index (χ0v) is 20.5. The maximum Gasteiger partial charge on any atom is 0.136 e. The third kappa shape index (κ3) is 2.51. The molecular weight excluding hydrogens is 462 g/mol. The van der Waals surface area contributed by atoms with Gasteiger partial charge < -0.3 is 8.98 Å². The number of para-hydroxylation sites is 2. The third-order valence-electron chi connectivity index (χ3n) is 8.13. The largest absolute Gasteiger partial charge is 0.456 e. The van der Waals surface area contributed by atoms with Crippen LogP contribution in [-0.4, -0.2) is 4.57 Å². The first-order valence-corrected chi connectivity index (χ1v) is 13.0. The summed E-state index contributed by atoms with van der Waals surface area (Å²) >= 11 is 0. The second kappa shape index (κ2) is 7.24. The summed E-state index contributed by atoms with van der Waals surface area (Å²) < 4.78 is 8.95. The molecule has 0 saturated heterocycles. The Kier molecular flexibility index (Phi) is 3.82. The highest BCUT2D eigenvalue weighted by atomic mass is 16.3. The molecule has 0 saturated carbocycles. The fourth-order valence-electron chi connectivity index (χ4n) is 6.58. The van der Waals surface area contributed by atoms with E-state index in [1.807, 2.05) is 0 Å². The van der Waals surface area contributed by atoms with E-state index in [0.717, 1.165) is 11.2 Å². The average molecular weight is 484 g/mol. The number of aromatic nitrogens is 1. The number of rotatable bonds is 2. The molecule has 0 aliphatic heterocycles. The molecule has 176 valence electrons. The smallest absolute Gasteiger partial charge is 0.136 e. The number of nitrogens with zero attached hydrogens (tertiary/aromatic N) is 1. The van der Waals surface area contributed by atoms with Gasteiger partial charge >= 0.3 is 0 Å². The Morgan fingerprint density at radius 3 is 1.82 bits per heavy atom. The Morgan fingerprint density at radius 1 is 0.395 bits per heavy atom. The zero-order chi connectivity index (χ0) is 24.8. The van der Waals surface area contributed by atoms with Gasteiger partial charge in [0.05, 0.1) is 16.7 Å². The highest BCUT2D eigenvalue weighted by Gasteiger charge is 2.21. The molecule has 0 fully saturated rings. The fraction of sp³-hybridized carbons (Fsp3) is 0. The molecule has 0 aliphatic rings. The van der Waals surface area contributed by atoms with Gasteiger partial charge in [0.25, 0.3) is 0 Å². The monoisotopic (exact) mass is 483 g/mol. The van der Waals surface area contributed by atoms with Crippen molar-refractivity contribution in [1.29, 1.82) is 0 Å². The lowest BCUT2D eigenvalue weighted by Crippen LogP contribution is -1.96. The van der Waals surface area contributed by atoms with E-state index in [0.29, 0.717) is 0 Å². The van der Waals surface area contributed by atoms with Crippen LogP contribution < -0.4 is 0 Å². The van der Waals surface area contributed by atoms with Crippen molar-refractivity contribution in [3.05, 3.63) is 127 Å². The molecule has 0 radical (unpaired) electrons. The van der Waals surface area contributed by atoms with Crippen LogP contribution in [0.4, 0.5) is 0 Å². The molecule has 2 nitrogen and oxygen atoms in total. The third-order valence-corrected chi connectivity index (χ3v) is 8.13. The van der Waals surface area contributed by atoms with Crippen LogP contribution in [-0.2, 0) is 0 Å². The molecule has 9 rings (SSSR count). The van der Waals surface area contributed by atoms with Crippen molar-refractivity contribution in [3.63, 3.8) is 0 Å². The van der Waals surface area contributed by atoms with Gasteiger partial charge in [-0.2, -0.15) is 0 Å². The maximum atomic E-state index is 6.51. The normalized spacial score (nSPS) is 12.2. The summed E-state index contributed by atoms with van der Waals surface area (Å²) in [6.45, 7) is 0. The number of hydrogen-bond donors (Lipinski definition) is 0. The topological polar surface area (TPSA) is 18.1 Å². The molecule has 2 heteroatoms. The van der Waals surface area contributed by atoms with E-state index in [1.54, 1.807) is 0 Å². The van der Waals surface area contributed by atoms with Gasteiger partial charge in [0.1, 0.15) is 11.2 Å². The van der Waals surface area contributed by atoms with E-state index < -0.39 is 0 Å². The lowest BCUT2D eigenvalue weighted by molar-refractivity contribution is 0.669. The van der Waals surface area contributed by atoms with Crippen LogP contribution in [0.1, 0.15) is 0 Å². The van der Waals surface area contributed by atoms with Crippen LogP contribution in [0.2, 0.25) is 0 Å². The highest BCUT2D eigenvalue weighted by Crippen LogP contribution is 2.46. The predicted molar refractivity (Wildman–Crippen MR) is 160 cm³/mol. The number of furan rings is 1. The first-order valence-electron chi connectivity index (χ1n) is 13.0. The minimum Gasteiger partial charge on any atom is -0.456 e. The summed E-state index contributed by atoms with van der Waals surface area (Å²) in [6.07, 6.45) is 0. The first kappa shape index (κ1) is 20.0. The van der Waals surface area contributed by atoms with Crippen molar-refractivity contribution in [2.45, 2.75) is 0 Å². The molecule has 0 bridgehead atoms. The molecule has 2 heterocycles. The maximum absolute atomic E-state index is 6.51. The number of fused-ring (bicyclic) bond motifs is 6. The quantitative estimate of drug-likeness (QED) is 0.224. The van der Waals surface area contributed by atoms with Gasteiger partial charge in [-0.3, -0.25) is 0 Å². The molecule has 0 spiro atoms. The molecule has 0 aliphatic carbocycles. The van der Waals surface area contributed by atoms with Gasteiger partial charge in [-0.25, -0.2) is 0 Å². The molecule has 7 aromatic carbocycles. The molecule has 38 heavy (non-hydrogen) atoms. The molecule has 0 unspecified atom stereocenters. The van der Waals surface area contributed by atoms with Crippen LogP contribution in [0, 0.1) is 0 Å². The van der Waals surface area contributed by atoms with Gasteiger partial charge in [-0.05, 0) is 63.7 Å². The van der Waals surface area contributed by atoms with E-state index in [9.17, 15) is 0 Å². The van der Waals surface area contributed by atoms with Crippen LogP contribution in [0.5, 0.6) is 0 Å². The van der Waals surface area contributed by atoms with Crippen LogP contribution in [0.15, 0.2) is 132 Å². The second-order valence-corrected chi connectivity index (χ2v) is 10.1. The number of benzene rings is 7. The second-order valence-electron chi connectivity index (χ2n) is 10.1. The van der Waals surface area contributed by atoms with Gasteiger partial charge in [0.2, 0.25) is 0 Å². The SMILES string of the molecule is c1ccc(-c2cc3oc4cccc5c6c(-n7c8ccccc8c8ccccc87)cccc6c(c2)c3c45)cc1. The minimum absolute atomic E-state index is 0.937. The summed E-state index contributed by atoms with van der Waals surface area (Å²) in [5.41, 5.74) is 7.87. The van der Waals surface area contributed by atoms with Crippen molar-refractivity contribution < 1.29 is 4.42 Å². The lowest BCUT2D eigenvalue weighted by atomic mass is 9.91. The average Bonchev–Trinajstić information content (AvgIpc) is 3.53. The molecule has 2 aromatic heterocycles. The van der Waals surface area contributed by atoms with Crippen LogP contribution >= 0.6 is 0 Å². The Balaban J connectivity index is 1.52. The van der Waals surface area contributed by atoms with E-state index >= 15 is 0 Å². The van der Waals surface area contributed by atoms with Gasteiger partial charge in [-0.1, -0.05) is 91.0 Å². The van der Waals surface area contributed by atoms with E-state index in [1.165, 1.54) is 70.9 Å². The summed E-state index contributed by atoms with van der Waals surface area (Å²) in [7, 11) is 0. The molecule has 9 aromatic rings. The minimum atomic E-state index is 0.937. The summed E-state index contributed by atoms with van der Waals surface area (Å²) in [5.74, 6) is 0. The Bertz CT molecular complexity index is 2280. The van der Waals surface area contributed by atoms with Gasteiger partial charge in [-0.15, -0.1) is 0 Å². The lowest BCUT2D eigenvalue weighted by Gasteiger charge is -2.16. The van der Waals surface area contributed by atoms with Gasteiger partial charge in [0.15, 0.2) is 0 Å². The van der Waals surface area contributed by atoms with Crippen LogP contribution in [0.25, 0.3) is 82.1 Å². The van der Waals surface area contributed by atoms with E-state index in [-0.39, 0.29) is 0 Å². The fourth-order valence-corrected chi connectivity index (χ4v) is 6.58. The summed E-state index contributed by atoms with van der Waals surface area (Å²) in [4.78, 5) is 0. The number of hydrogen-bond acceptors (Lipinski definition) is 1. The Hall–Kier alpha value is -5.08. The molecule has 0 atom stereocenters. The highest BCUT2D eigenvalue weighted by molar-refractivity contribution is 6.35. The van der Waals surface area contributed by atoms with E-state index in [4.69, 9.17) is 4.42 Å². The predicted octanol–water partition coefficient (Wildman–Crippen LogP) is 10.1.